The van der Waals surface area contributed by atoms with Crippen LogP contribution in [0, 0.1) is 6.92 Å². The Morgan fingerprint density at radius 3 is 2.50 bits per heavy atom. The predicted molar refractivity (Wildman–Crippen MR) is 79.1 cm³/mol. The van der Waals surface area contributed by atoms with Crippen LogP contribution < -0.4 is 5.73 Å². The molecule has 0 spiro atoms. The summed E-state index contributed by atoms with van der Waals surface area (Å²) >= 11 is 3.30. The van der Waals surface area contributed by atoms with Crippen LogP contribution >= 0.6 is 15.9 Å². The second kappa shape index (κ2) is 5.13. The van der Waals surface area contributed by atoms with E-state index in [0.29, 0.717) is 26.9 Å². The van der Waals surface area contributed by atoms with Gasteiger partial charge in [0.15, 0.2) is 5.78 Å². The fourth-order valence-corrected chi connectivity index (χ4v) is 2.47. The lowest BCUT2D eigenvalue weighted by molar-refractivity contribution is 0.0686. The zero-order chi connectivity index (χ0) is 15.0. The molecule has 104 valence electrons. The predicted octanol–water partition coefficient (Wildman–Crippen LogP) is 2.61. The molecule has 0 aliphatic rings. The Bertz CT molecular complexity index is 719. The lowest BCUT2D eigenvalue weighted by Gasteiger charge is -2.07. The van der Waals surface area contributed by atoms with Gasteiger partial charge in [0.25, 0.3) is 0 Å². The Hall–Kier alpha value is -2.08. The number of rotatable bonds is 3. The van der Waals surface area contributed by atoms with Crippen LogP contribution in [0.3, 0.4) is 0 Å². The fraction of sp³-hybridized carbons (Fsp3) is 0.143. The van der Waals surface area contributed by atoms with Crippen LogP contribution in [0.5, 0.6) is 0 Å². The van der Waals surface area contributed by atoms with Crippen LogP contribution in [0.15, 0.2) is 28.9 Å². The number of nitrogens with zero attached hydrogens (tertiary/aromatic N) is 1. The highest BCUT2D eigenvalue weighted by Gasteiger charge is 2.19. The highest BCUT2D eigenvalue weighted by atomic mass is 79.9. The van der Waals surface area contributed by atoms with Crippen molar-refractivity contribution < 1.29 is 14.7 Å². The van der Waals surface area contributed by atoms with Crippen molar-refractivity contribution in [2.24, 2.45) is 7.05 Å². The van der Waals surface area contributed by atoms with E-state index in [1.165, 1.54) is 16.8 Å². The smallest absolute Gasteiger partial charge is 0.352 e. The van der Waals surface area contributed by atoms with Crippen LogP contribution in [0.2, 0.25) is 0 Å². The van der Waals surface area contributed by atoms with E-state index in [4.69, 9.17) is 10.8 Å². The van der Waals surface area contributed by atoms with Crippen LogP contribution in [0.4, 0.5) is 5.69 Å². The molecule has 0 aliphatic heterocycles. The SMILES string of the molecule is Cc1c(N)cc(Br)cc1C(=O)c1cc(C(=O)O)n(C)c1. The van der Waals surface area contributed by atoms with Crippen LogP contribution in [-0.2, 0) is 7.05 Å². The summed E-state index contributed by atoms with van der Waals surface area (Å²) < 4.78 is 2.12. The summed E-state index contributed by atoms with van der Waals surface area (Å²) in [6, 6.07) is 4.77. The summed E-state index contributed by atoms with van der Waals surface area (Å²) in [5, 5.41) is 9.01. The molecule has 2 aromatic rings. The largest absolute Gasteiger partial charge is 0.477 e. The number of hydrogen-bond acceptors (Lipinski definition) is 3. The van der Waals surface area contributed by atoms with E-state index in [1.807, 2.05) is 0 Å². The van der Waals surface area contributed by atoms with Crippen molar-refractivity contribution in [3.63, 3.8) is 0 Å². The van der Waals surface area contributed by atoms with E-state index in [9.17, 15) is 9.59 Å². The number of ketones is 1. The Balaban J connectivity index is 2.52. The standard InChI is InChI=1S/C14H13BrN2O3/c1-7-10(4-9(15)5-11(7)16)13(18)8-3-12(14(19)20)17(2)6-8/h3-6H,16H2,1-2H3,(H,19,20). The molecule has 1 aromatic carbocycles. The molecular weight excluding hydrogens is 324 g/mol. The average molecular weight is 337 g/mol. The molecule has 6 heteroatoms. The fourth-order valence-electron chi connectivity index (χ4n) is 1.99. The summed E-state index contributed by atoms with van der Waals surface area (Å²) in [6.07, 6.45) is 1.50. The highest BCUT2D eigenvalue weighted by Crippen LogP contribution is 2.25. The molecule has 0 atom stereocenters. The van der Waals surface area contributed by atoms with Crippen molar-refractivity contribution in [3.05, 3.63) is 51.3 Å². The summed E-state index contributed by atoms with van der Waals surface area (Å²) in [5.74, 6) is -1.32. The van der Waals surface area contributed by atoms with E-state index in [2.05, 4.69) is 15.9 Å². The van der Waals surface area contributed by atoms with Gasteiger partial charge in [0, 0.05) is 34.5 Å². The van der Waals surface area contributed by atoms with Gasteiger partial charge in [-0.05, 0) is 30.7 Å². The molecular formula is C14H13BrN2O3. The number of aromatic nitrogens is 1. The number of anilines is 1. The molecule has 2 rings (SSSR count). The summed E-state index contributed by atoms with van der Waals surface area (Å²) in [5.41, 5.74) is 7.88. The average Bonchev–Trinajstić information content (AvgIpc) is 2.75. The van der Waals surface area contributed by atoms with E-state index >= 15 is 0 Å². The minimum atomic E-state index is -1.07. The Labute approximate surface area is 124 Å². The van der Waals surface area contributed by atoms with E-state index in [-0.39, 0.29) is 11.5 Å². The van der Waals surface area contributed by atoms with Crippen molar-refractivity contribution in [1.82, 2.24) is 4.57 Å². The zero-order valence-corrected chi connectivity index (χ0v) is 12.6. The van der Waals surface area contributed by atoms with Crippen molar-refractivity contribution >= 4 is 33.4 Å². The van der Waals surface area contributed by atoms with Gasteiger partial charge in [-0.3, -0.25) is 4.79 Å². The second-order valence-electron chi connectivity index (χ2n) is 4.53. The molecule has 3 N–H and O–H groups in total. The van der Waals surface area contributed by atoms with Gasteiger partial charge in [-0.1, -0.05) is 15.9 Å². The Morgan fingerprint density at radius 1 is 1.30 bits per heavy atom. The summed E-state index contributed by atoms with van der Waals surface area (Å²) in [4.78, 5) is 23.5. The van der Waals surface area contributed by atoms with Crippen LogP contribution in [-0.4, -0.2) is 21.4 Å². The van der Waals surface area contributed by atoms with E-state index in [0.717, 1.165) is 0 Å². The van der Waals surface area contributed by atoms with Gasteiger partial charge in [0.05, 0.1) is 0 Å². The minimum absolute atomic E-state index is 0.0639. The lowest BCUT2D eigenvalue weighted by Crippen LogP contribution is -2.05. The second-order valence-corrected chi connectivity index (χ2v) is 5.44. The quantitative estimate of drug-likeness (QED) is 0.666. The molecule has 1 aromatic heterocycles. The van der Waals surface area contributed by atoms with Gasteiger partial charge in [0.1, 0.15) is 5.69 Å². The van der Waals surface area contributed by atoms with Crippen molar-refractivity contribution in [1.29, 1.82) is 0 Å². The minimum Gasteiger partial charge on any atom is -0.477 e. The van der Waals surface area contributed by atoms with Crippen molar-refractivity contribution in [2.75, 3.05) is 5.73 Å². The number of aryl methyl sites for hydroxylation is 1. The lowest BCUT2D eigenvalue weighted by atomic mass is 9.99. The van der Waals surface area contributed by atoms with Crippen molar-refractivity contribution in [3.8, 4) is 0 Å². The van der Waals surface area contributed by atoms with Crippen LogP contribution in [0.1, 0.15) is 32.0 Å². The number of carboxylic acid groups (broad SMARTS) is 1. The number of nitrogen functional groups attached to an aromatic ring is 1. The highest BCUT2D eigenvalue weighted by molar-refractivity contribution is 9.10. The maximum absolute atomic E-state index is 12.5. The molecule has 0 saturated carbocycles. The molecule has 0 amide bonds. The third kappa shape index (κ3) is 2.46. The first-order valence-corrected chi connectivity index (χ1v) is 6.60. The topological polar surface area (TPSA) is 85.3 Å². The molecule has 0 aliphatic carbocycles. The van der Waals surface area contributed by atoms with Gasteiger partial charge < -0.3 is 15.4 Å². The number of carbonyl (C=O) groups is 2. The Kier molecular flexibility index (Phi) is 3.67. The number of benzene rings is 1. The van der Waals surface area contributed by atoms with Crippen molar-refractivity contribution in [2.45, 2.75) is 6.92 Å². The monoisotopic (exact) mass is 336 g/mol. The number of halogens is 1. The number of hydrogen-bond donors (Lipinski definition) is 2. The maximum atomic E-state index is 12.5. The van der Waals surface area contributed by atoms with Crippen LogP contribution in [0.25, 0.3) is 0 Å². The summed E-state index contributed by atoms with van der Waals surface area (Å²) in [6.45, 7) is 1.76. The van der Waals surface area contributed by atoms with Gasteiger partial charge >= 0.3 is 5.97 Å². The van der Waals surface area contributed by atoms with E-state index < -0.39 is 5.97 Å². The van der Waals surface area contributed by atoms with Gasteiger partial charge in [0.2, 0.25) is 0 Å². The molecule has 0 radical (unpaired) electrons. The number of carbonyl (C=O) groups excluding carboxylic acids is 1. The first-order chi connectivity index (χ1) is 9.31. The van der Waals surface area contributed by atoms with E-state index in [1.54, 1.807) is 26.1 Å². The maximum Gasteiger partial charge on any atom is 0.352 e. The molecule has 0 fully saturated rings. The molecule has 20 heavy (non-hydrogen) atoms. The number of nitrogens with two attached hydrogens (primary N) is 1. The van der Waals surface area contributed by atoms with Gasteiger partial charge in [-0.25, -0.2) is 4.79 Å². The first kappa shape index (κ1) is 14.3. The first-order valence-electron chi connectivity index (χ1n) is 5.81. The third-order valence-corrected chi connectivity index (χ3v) is 3.60. The molecule has 0 saturated heterocycles. The third-order valence-electron chi connectivity index (χ3n) is 3.14. The summed E-state index contributed by atoms with van der Waals surface area (Å²) in [7, 11) is 1.59. The zero-order valence-electron chi connectivity index (χ0n) is 11.0. The number of aromatic carboxylic acids is 1. The molecule has 0 bridgehead atoms. The molecule has 0 unspecified atom stereocenters. The molecule has 1 heterocycles. The normalized spacial score (nSPS) is 10.6. The Morgan fingerprint density at radius 2 is 1.95 bits per heavy atom. The van der Waals surface area contributed by atoms with Gasteiger partial charge in [-0.15, -0.1) is 0 Å². The number of carboxylic acids is 1. The van der Waals surface area contributed by atoms with Gasteiger partial charge in [-0.2, -0.15) is 0 Å². The molecule has 5 nitrogen and oxygen atoms in total.